The topological polar surface area (TPSA) is 57.3 Å². The number of carbonyl (C=O) groups excluding carboxylic acids is 1. The van der Waals surface area contributed by atoms with Crippen LogP contribution in [0.1, 0.15) is 23.2 Å². The van der Waals surface area contributed by atoms with Gasteiger partial charge in [-0.05, 0) is 31.5 Å². The van der Waals surface area contributed by atoms with E-state index in [0.717, 1.165) is 18.8 Å². The van der Waals surface area contributed by atoms with Crippen molar-refractivity contribution < 1.29 is 4.79 Å². The zero-order valence-corrected chi connectivity index (χ0v) is 10.9. The van der Waals surface area contributed by atoms with E-state index in [1.54, 1.807) is 12.3 Å². The number of nitrogens with zero attached hydrogens (tertiary/aromatic N) is 2. The number of anilines is 1. The molecule has 2 N–H and O–H groups in total. The fraction of sp³-hybridized carbons (Fsp3) is 0.538. The number of nitrogens with one attached hydrogen (secondary N) is 2. The molecule has 1 aromatic rings. The maximum Gasteiger partial charge on any atom is 0.252 e. The first-order chi connectivity index (χ1) is 8.66. The van der Waals surface area contributed by atoms with Gasteiger partial charge in [-0.25, -0.2) is 4.98 Å². The van der Waals surface area contributed by atoms with Crippen LogP contribution in [0.15, 0.2) is 18.3 Å². The number of aromatic nitrogens is 1. The van der Waals surface area contributed by atoms with E-state index in [1.165, 1.54) is 6.42 Å². The summed E-state index contributed by atoms with van der Waals surface area (Å²) in [4.78, 5) is 18.0. The van der Waals surface area contributed by atoms with Crippen molar-refractivity contribution >= 4 is 11.7 Å². The van der Waals surface area contributed by atoms with Gasteiger partial charge in [0, 0.05) is 32.9 Å². The molecule has 1 aliphatic rings. The molecule has 0 bridgehead atoms. The van der Waals surface area contributed by atoms with Gasteiger partial charge in [0.1, 0.15) is 5.82 Å². The van der Waals surface area contributed by atoms with Crippen LogP contribution >= 0.6 is 0 Å². The lowest BCUT2D eigenvalue weighted by Crippen LogP contribution is -2.37. The molecule has 1 aromatic heterocycles. The molecule has 98 valence electrons. The van der Waals surface area contributed by atoms with Crippen molar-refractivity contribution in [1.29, 1.82) is 0 Å². The Morgan fingerprint density at radius 3 is 2.94 bits per heavy atom. The van der Waals surface area contributed by atoms with Gasteiger partial charge in [0.2, 0.25) is 0 Å². The first kappa shape index (κ1) is 12.8. The molecule has 1 fully saturated rings. The van der Waals surface area contributed by atoms with Gasteiger partial charge in [0.05, 0.1) is 5.56 Å². The molecule has 0 radical (unpaired) electrons. The molecule has 1 amide bonds. The summed E-state index contributed by atoms with van der Waals surface area (Å²) in [6.45, 7) is 1.74. The fourth-order valence-corrected chi connectivity index (χ4v) is 2.03. The smallest absolute Gasteiger partial charge is 0.252 e. The summed E-state index contributed by atoms with van der Waals surface area (Å²) in [5.41, 5.74) is 0.610. The normalized spacial score (nSPS) is 18.7. The molecular weight excluding hydrogens is 228 g/mol. The maximum absolute atomic E-state index is 11.9. The van der Waals surface area contributed by atoms with E-state index in [2.05, 4.69) is 15.6 Å². The number of hydrogen-bond donors (Lipinski definition) is 2. The summed E-state index contributed by atoms with van der Waals surface area (Å²) in [5.74, 6) is 0.797. The van der Waals surface area contributed by atoms with E-state index in [0.29, 0.717) is 18.2 Å². The third-order valence-corrected chi connectivity index (χ3v) is 3.14. The van der Waals surface area contributed by atoms with Crippen LogP contribution in [0.3, 0.4) is 0 Å². The Balaban J connectivity index is 1.87. The Kier molecular flexibility index (Phi) is 4.15. The zero-order valence-electron chi connectivity index (χ0n) is 10.9. The van der Waals surface area contributed by atoms with Gasteiger partial charge in [-0.1, -0.05) is 0 Å². The highest BCUT2D eigenvalue weighted by Crippen LogP contribution is 2.08. The van der Waals surface area contributed by atoms with Crippen LogP contribution in [-0.4, -0.2) is 44.1 Å². The van der Waals surface area contributed by atoms with E-state index in [-0.39, 0.29) is 5.91 Å². The van der Waals surface area contributed by atoms with E-state index < -0.39 is 0 Å². The molecule has 5 nitrogen and oxygen atoms in total. The fourth-order valence-electron chi connectivity index (χ4n) is 2.03. The Morgan fingerprint density at radius 2 is 2.39 bits per heavy atom. The number of carbonyl (C=O) groups is 1. The molecule has 1 aliphatic heterocycles. The summed E-state index contributed by atoms with van der Waals surface area (Å²) >= 11 is 0. The number of hydrogen-bond acceptors (Lipinski definition) is 4. The molecule has 5 heteroatoms. The molecule has 2 rings (SSSR count). The van der Waals surface area contributed by atoms with Crippen LogP contribution in [0, 0.1) is 0 Å². The van der Waals surface area contributed by atoms with Crippen molar-refractivity contribution in [1.82, 2.24) is 15.6 Å². The van der Waals surface area contributed by atoms with Crippen molar-refractivity contribution in [2.24, 2.45) is 0 Å². The predicted molar refractivity (Wildman–Crippen MR) is 71.9 cm³/mol. The second kappa shape index (κ2) is 5.82. The minimum absolute atomic E-state index is 0.0542. The molecule has 18 heavy (non-hydrogen) atoms. The van der Waals surface area contributed by atoms with Crippen LogP contribution in [0.25, 0.3) is 0 Å². The molecule has 0 saturated carbocycles. The molecule has 1 saturated heterocycles. The van der Waals surface area contributed by atoms with Crippen molar-refractivity contribution in [3.05, 3.63) is 23.9 Å². The Morgan fingerprint density at radius 1 is 1.56 bits per heavy atom. The van der Waals surface area contributed by atoms with Crippen LogP contribution in [0.4, 0.5) is 5.82 Å². The van der Waals surface area contributed by atoms with Crippen LogP contribution in [0.2, 0.25) is 0 Å². The summed E-state index contributed by atoms with van der Waals surface area (Å²) in [5, 5.41) is 6.28. The highest BCUT2D eigenvalue weighted by Gasteiger charge is 2.15. The second-order valence-corrected chi connectivity index (χ2v) is 4.80. The van der Waals surface area contributed by atoms with Gasteiger partial charge in [-0.3, -0.25) is 4.79 Å². The monoisotopic (exact) mass is 248 g/mol. The number of rotatable bonds is 4. The van der Waals surface area contributed by atoms with Crippen molar-refractivity contribution in [3.63, 3.8) is 0 Å². The van der Waals surface area contributed by atoms with Gasteiger partial charge in [0.15, 0.2) is 0 Å². The lowest BCUT2D eigenvalue weighted by atomic mass is 10.2. The molecule has 0 aliphatic carbocycles. The molecule has 1 unspecified atom stereocenters. The third kappa shape index (κ3) is 3.20. The van der Waals surface area contributed by atoms with Crippen molar-refractivity contribution in [2.45, 2.75) is 18.9 Å². The predicted octanol–water partition coefficient (Wildman–Crippen LogP) is 0.629. The van der Waals surface area contributed by atoms with Crippen molar-refractivity contribution in [2.75, 3.05) is 32.1 Å². The summed E-state index contributed by atoms with van der Waals surface area (Å²) in [7, 11) is 3.85. The Bertz CT molecular complexity index is 396. The van der Waals surface area contributed by atoms with Crippen LogP contribution in [0.5, 0.6) is 0 Å². The second-order valence-electron chi connectivity index (χ2n) is 4.80. The van der Waals surface area contributed by atoms with Gasteiger partial charge >= 0.3 is 0 Å². The first-order valence-corrected chi connectivity index (χ1v) is 6.32. The lowest BCUT2D eigenvalue weighted by Gasteiger charge is -2.13. The molecule has 0 spiro atoms. The van der Waals surface area contributed by atoms with Crippen LogP contribution < -0.4 is 15.5 Å². The lowest BCUT2D eigenvalue weighted by molar-refractivity contribution is 0.0950. The van der Waals surface area contributed by atoms with E-state index in [4.69, 9.17) is 0 Å². The molecular formula is C13H20N4O. The highest BCUT2D eigenvalue weighted by molar-refractivity contribution is 5.94. The van der Waals surface area contributed by atoms with Gasteiger partial charge in [0.25, 0.3) is 5.91 Å². The van der Waals surface area contributed by atoms with E-state index in [1.807, 2.05) is 25.1 Å². The molecule has 2 heterocycles. The van der Waals surface area contributed by atoms with E-state index in [9.17, 15) is 4.79 Å². The zero-order chi connectivity index (χ0) is 13.0. The highest BCUT2D eigenvalue weighted by atomic mass is 16.1. The van der Waals surface area contributed by atoms with Gasteiger partial charge < -0.3 is 15.5 Å². The van der Waals surface area contributed by atoms with Gasteiger partial charge in [-0.2, -0.15) is 0 Å². The standard InChI is InChI=1S/C13H20N4O/c1-17(2)12-6-5-10(8-15-12)13(18)16-9-11-4-3-7-14-11/h5-6,8,11,14H,3-4,7,9H2,1-2H3,(H,16,18). The third-order valence-electron chi connectivity index (χ3n) is 3.14. The first-order valence-electron chi connectivity index (χ1n) is 6.32. The number of pyridine rings is 1. The molecule has 1 atom stereocenters. The quantitative estimate of drug-likeness (QED) is 0.820. The SMILES string of the molecule is CN(C)c1ccc(C(=O)NCC2CCCN2)cn1. The summed E-state index contributed by atoms with van der Waals surface area (Å²) < 4.78 is 0. The van der Waals surface area contributed by atoms with Gasteiger partial charge in [-0.15, -0.1) is 0 Å². The average molecular weight is 248 g/mol. The minimum atomic E-state index is -0.0542. The number of amides is 1. The Hall–Kier alpha value is -1.62. The van der Waals surface area contributed by atoms with Crippen molar-refractivity contribution in [3.8, 4) is 0 Å². The summed E-state index contributed by atoms with van der Waals surface area (Å²) in [6, 6.07) is 4.07. The van der Waals surface area contributed by atoms with E-state index >= 15 is 0 Å². The average Bonchev–Trinajstić information content (AvgIpc) is 2.89. The molecule has 0 aromatic carbocycles. The maximum atomic E-state index is 11.9. The minimum Gasteiger partial charge on any atom is -0.363 e. The summed E-state index contributed by atoms with van der Waals surface area (Å²) in [6.07, 6.45) is 3.95. The Labute approximate surface area is 108 Å². The largest absolute Gasteiger partial charge is 0.363 e. The van der Waals surface area contributed by atoms with Crippen LogP contribution in [-0.2, 0) is 0 Å².